The van der Waals surface area contributed by atoms with E-state index in [9.17, 15) is 14.0 Å². The van der Waals surface area contributed by atoms with Crippen LogP contribution in [0.5, 0.6) is 5.75 Å². The number of benzene rings is 1. The highest BCUT2D eigenvalue weighted by atomic mass is 79.9. The van der Waals surface area contributed by atoms with Crippen molar-refractivity contribution in [2.75, 3.05) is 0 Å². The predicted octanol–water partition coefficient (Wildman–Crippen LogP) is 2.58. The van der Waals surface area contributed by atoms with E-state index in [2.05, 4.69) is 21.2 Å². The van der Waals surface area contributed by atoms with Gasteiger partial charge < -0.3 is 15.2 Å². The lowest BCUT2D eigenvalue weighted by molar-refractivity contribution is -0.144. The number of aliphatic carboxylic acids is 1. The molecule has 5 nitrogen and oxygen atoms in total. The van der Waals surface area contributed by atoms with Crippen LogP contribution in [-0.2, 0) is 9.59 Å². The molecule has 0 bridgehead atoms. The van der Waals surface area contributed by atoms with Gasteiger partial charge in [0.25, 0.3) is 5.91 Å². The van der Waals surface area contributed by atoms with Gasteiger partial charge in [0.1, 0.15) is 17.6 Å². The molecule has 0 aromatic heterocycles. The first-order valence-electron chi connectivity index (χ1n) is 6.37. The summed E-state index contributed by atoms with van der Waals surface area (Å²) in [5.74, 6) is -2.04. The van der Waals surface area contributed by atoms with E-state index in [1.807, 2.05) is 0 Å². The summed E-state index contributed by atoms with van der Waals surface area (Å²) in [6.07, 6.45) is -0.910. The van der Waals surface area contributed by atoms with E-state index in [1.54, 1.807) is 13.8 Å². The Morgan fingerprint density at radius 3 is 2.43 bits per heavy atom. The molecule has 0 aliphatic carbocycles. The predicted molar refractivity (Wildman–Crippen MR) is 78.6 cm³/mol. The maximum Gasteiger partial charge on any atom is 0.326 e. The second-order valence-corrected chi connectivity index (χ2v) is 5.76. The van der Waals surface area contributed by atoms with E-state index in [0.717, 1.165) is 0 Å². The lowest BCUT2D eigenvalue weighted by Gasteiger charge is -2.21. The average molecular weight is 362 g/mol. The molecule has 1 amide bonds. The van der Waals surface area contributed by atoms with Crippen LogP contribution in [0.3, 0.4) is 0 Å². The third kappa shape index (κ3) is 5.00. The van der Waals surface area contributed by atoms with Gasteiger partial charge in [0.2, 0.25) is 0 Å². The number of carbonyl (C=O) groups excluding carboxylic acids is 1. The van der Waals surface area contributed by atoms with Crippen molar-refractivity contribution in [3.05, 3.63) is 28.5 Å². The van der Waals surface area contributed by atoms with Crippen LogP contribution >= 0.6 is 15.9 Å². The highest BCUT2D eigenvalue weighted by Gasteiger charge is 2.26. The van der Waals surface area contributed by atoms with Crippen LogP contribution < -0.4 is 10.1 Å². The Labute approximate surface area is 130 Å². The van der Waals surface area contributed by atoms with Crippen LogP contribution in [0.4, 0.5) is 4.39 Å². The van der Waals surface area contributed by atoms with E-state index < -0.39 is 29.8 Å². The standard InChI is InChI=1S/C14H17BrFNO4/c1-7(2)12(14(19)20)17-13(18)8(3)21-11-5-4-9(16)6-10(11)15/h4-8,12H,1-3H3,(H,17,18)(H,19,20). The molecule has 0 saturated carbocycles. The third-order valence-electron chi connectivity index (χ3n) is 2.80. The van der Waals surface area contributed by atoms with Gasteiger partial charge in [-0.15, -0.1) is 0 Å². The normalized spacial score (nSPS) is 13.6. The summed E-state index contributed by atoms with van der Waals surface area (Å²) >= 11 is 3.13. The number of amides is 1. The Bertz CT molecular complexity index is 536. The molecule has 0 aliphatic heterocycles. The number of rotatable bonds is 6. The lowest BCUT2D eigenvalue weighted by Crippen LogP contribution is -2.48. The van der Waals surface area contributed by atoms with Crippen molar-refractivity contribution in [1.29, 1.82) is 0 Å². The Morgan fingerprint density at radius 1 is 1.33 bits per heavy atom. The molecule has 2 atom stereocenters. The molecule has 2 N–H and O–H groups in total. The second kappa shape index (κ2) is 7.40. The smallest absolute Gasteiger partial charge is 0.326 e. The van der Waals surface area contributed by atoms with E-state index in [-0.39, 0.29) is 5.92 Å². The minimum Gasteiger partial charge on any atom is -0.480 e. The first kappa shape index (κ1) is 17.4. The summed E-state index contributed by atoms with van der Waals surface area (Å²) < 4.78 is 18.7. The van der Waals surface area contributed by atoms with Gasteiger partial charge in [-0.05, 0) is 47.0 Å². The van der Waals surface area contributed by atoms with E-state index in [1.165, 1.54) is 25.1 Å². The van der Waals surface area contributed by atoms with Crippen LogP contribution in [0, 0.1) is 11.7 Å². The molecule has 1 aromatic rings. The molecule has 0 fully saturated rings. The van der Waals surface area contributed by atoms with Crippen LogP contribution in [-0.4, -0.2) is 29.1 Å². The quantitative estimate of drug-likeness (QED) is 0.816. The highest BCUT2D eigenvalue weighted by Crippen LogP contribution is 2.26. The topological polar surface area (TPSA) is 75.6 Å². The van der Waals surface area contributed by atoms with Crippen molar-refractivity contribution < 1.29 is 23.8 Å². The molecular formula is C14H17BrFNO4. The SMILES string of the molecule is CC(Oc1ccc(F)cc1Br)C(=O)NC(C(=O)O)C(C)C. The van der Waals surface area contributed by atoms with E-state index in [4.69, 9.17) is 9.84 Å². The Balaban J connectivity index is 2.72. The number of ether oxygens (including phenoxy) is 1. The zero-order valence-electron chi connectivity index (χ0n) is 11.9. The minimum atomic E-state index is -1.10. The molecule has 1 aromatic carbocycles. The van der Waals surface area contributed by atoms with Crippen molar-refractivity contribution in [2.45, 2.75) is 32.9 Å². The first-order chi connectivity index (χ1) is 9.72. The van der Waals surface area contributed by atoms with Crippen LogP contribution in [0.1, 0.15) is 20.8 Å². The fourth-order valence-corrected chi connectivity index (χ4v) is 2.04. The van der Waals surface area contributed by atoms with Gasteiger partial charge in [-0.1, -0.05) is 13.8 Å². The molecular weight excluding hydrogens is 345 g/mol. The number of hydrogen-bond donors (Lipinski definition) is 2. The maximum atomic E-state index is 13.0. The summed E-state index contributed by atoms with van der Waals surface area (Å²) in [7, 11) is 0. The number of carboxylic acid groups (broad SMARTS) is 1. The van der Waals surface area contributed by atoms with Gasteiger partial charge >= 0.3 is 5.97 Å². The van der Waals surface area contributed by atoms with Gasteiger partial charge in [-0.25, -0.2) is 9.18 Å². The van der Waals surface area contributed by atoms with Crippen molar-refractivity contribution in [3.8, 4) is 5.75 Å². The van der Waals surface area contributed by atoms with E-state index in [0.29, 0.717) is 10.2 Å². The van der Waals surface area contributed by atoms with Crippen molar-refractivity contribution in [3.63, 3.8) is 0 Å². The van der Waals surface area contributed by atoms with Crippen LogP contribution in [0.25, 0.3) is 0 Å². The van der Waals surface area contributed by atoms with Crippen molar-refractivity contribution in [2.24, 2.45) is 5.92 Å². The van der Waals surface area contributed by atoms with E-state index >= 15 is 0 Å². The number of carbonyl (C=O) groups is 2. The Hall–Kier alpha value is -1.63. The first-order valence-corrected chi connectivity index (χ1v) is 7.16. The van der Waals surface area contributed by atoms with Gasteiger partial charge in [-0.3, -0.25) is 4.79 Å². The molecule has 0 saturated heterocycles. The van der Waals surface area contributed by atoms with Gasteiger partial charge in [0.15, 0.2) is 6.10 Å². The number of nitrogens with one attached hydrogen (secondary N) is 1. The summed E-state index contributed by atoms with van der Waals surface area (Å²) in [5, 5.41) is 11.4. The number of halogens is 2. The van der Waals surface area contributed by atoms with Crippen LogP contribution in [0.2, 0.25) is 0 Å². The van der Waals surface area contributed by atoms with Crippen molar-refractivity contribution in [1.82, 2.24) is 5.32 Å². The van der Waals surface area contributed by atoms with Crippen molar-refractivity contribution >= 4 is 27.8 Å². The highest BCUT2D eigenvalue weighted by molar-refractivity contribution is 9.10. The fourth-order valence-electron chi connectivity index (χ4n) is 1.60. The molecule has 0 spiro atoms. The largest absolute Gasteiger partial charge is 0.480 e. The monoisotopic (exact) mass is 361 g/mol. The fraction of sp³-hybridized carbons (Fsp3) is 0.429. The molecule has 0 radical (unpaired) electrons. The average Bonchev–Trinajstić information content (AvgIpc) is 2.37. The molecule has 0 aliphatic rings. The molecule has 0 heterocycles. The minimum absolute atomic E-state index is 0.254. The lowest BCUT2D eigenvalue weighted by atomic mass is 10.0. The zero-order chi connectivity index (χ0) is 16.2. The van der Waals surface area contributed by atoms with Gasteiger partial charge in [0.05, 0.1) is 4.47 Å². The summed E-state index contributed by atoms with van der Waals surface area (Å²) in [6.45, 7) is 4.88. The molecule has 2 unspecified atom stereocenters. The zero-order valence-corrected chi connectivity index (χ0v) is 13.5. The number of hydrogen-bond acceptors (Lipinski definition) is 3. The molecule has 7 heteroatoms. The van der Waals surface area contributed by atoms with Gasteiger partial charge in [-0.2, -0.15) is 0 Å². The maximum absolute atomic E-state index is 13.0. The molecule has 1 rings (SSSR count). The van der Waals surface area contributed by atoms with Crippen LogP contribution in [0.15, 0.2) is 22.7 Å². The summed E-state index contributed by atoms with van der Waals surface area (Å²) in [4.78, 5) is 23.0. The summed E-state index contributed by atoms with van der Waals surface area (Å²) in [6, 6.07) is 2.83. The summed E-state index contributed by atoms with van der Waals surface area (Å²) in [5.41, 5.74) is 0. The van der Waals surface area contributed by atoms with Gasteiger partial charge in [0, 0.05) is 0 Å². The molecule has 116 valence electrons. The Kier molecular flexibility index (Phi) is 6.14. The molecule has 21 heavy (non-hydrogen) atoms. The Morgan fingerprint density at radius 2 is 1.95 bits per heavy atom. The second-order valence-electron chi connectivity index (χ2n) is 4.90. The number of carboxylic acids is 1. The third-order valence-corrected chi connectivity index (χ3v) is 3.42.